The number of hydrogen-bond acceptors (Lipinski definition) is 0. The van der Waals surface area contributed by atoms with Crippen molar-refractivity contribution in [3.05, 3.63) is 107 Å². The fourth-order valence-electron chi connectivity index (χ4n) is 2.50. The van der Waals surface area contributed by atoms with Crippen LogP contribution < -0.4 is 0 Å². The van der Waals surface area contributed by atoms with E-state index in [0.29, 0.717) is 0 Å². The molecule has 0 radical (unpaired) electrons. The second-order valence-corrected chi connectivity index (χ2v) is 5.87. The largest absolute Gasteiger partial charge is 0.416 e. The minimum atomic E-state index is -4.30. The van der Waals surface area contributed by atoms with E-state index >= 15 is 0 Å². The Morgan fingerprint density at radius 1 is 0.500 bits per heavy atom. The molecule has 0 amide bonds. The van der Waals surface area contributed by atoms with Gasteiger partial charge in [-0.15, -0.1) is 0 Å². The third kappa shape index (κ3) is 4.96. The second kappa shape index (κ2) is 7.87. The van der Waals surface area contributed by atoms with Crippen molar-refractivity contribution in [3.63, 3.8) is 0 Å². The molecule has 26 heavy (non-hydrogen) atoms. The highest BCUT2D eigenvalue weighted by Gasteiger charge is 2.29. The van der Waals surface area contributed by atoms with Crippen LogP contribution in [0, 0.1) is 0 Å². The normalized spacial score (nSPS) is 12.1. The Balaban J connectivity index is 1.72. The molecule has 0 fully saturated rings. The first kappa shape index (κ1) is 17.7. The molecule has 0 unspecified atom stereocenters. The third-order valence-electron chi connectivity index (χ3n) is 3.88. The van der Waals surface area contributed by atoms with E-state index in [9.17, 15) is 13.2 Å². The summed E-state index contributed by atoms with van der Waals surface area (Å²) in [4.78, 5) is 0. The van der Waals surface area contributed by atoms with Crippen molar-refractivity contribution in [3.8, 4) is 0 Å². The van der Waals surface area contributed by atoms with E-state index in [1.165, 1.54) is 12.1 Å². The fraction of sp³-hybridized carbons (Fsp3) is 0.0435. The van der Waals surface area contributed by atoms with Crippen molar-refractivity contribution < 1.29 is 13.2 Å². The Morgan fingerprint density at radius 3 is 1.50 bits per heavy atom. The zero-order chi connectivity index (χ0) is 18.4. The number of halogens is 3. The van der Waals surface area contributed by atoms with Gasteiger partial charge in [0.15, 0.2) is 0 Å². The van der Waals surface area contributed by atoms with Crippen molar-refractivity contribution >= 4 is 24.3 Å². The van der Waals surface area contributed by atoms with Gasteiger partial charge in [0.05, 0.1) is 5.56 Å². The van der Waals surface area contributed by atoms with Crippen LogP contribution in [-0.4, -0.2) is 0 Å². The van der Waals surface area contributed by atoms with Gasteiger partial charge in [-0.25, -0.2) is 0 Å². The molecule has 0 spiro atoms. The lowest BCUT2D eigenvalue weighted by Crippen LogP contribution is -2.03. The van der Waals surface area contributed by atoms with Crippen LogP contribution in [0.5, 0.6) is 0 Å². The highest BCUT2D eigenvalue weighted by Crippen LogP contribution is 2.29. The van der Waals surface area contributed by atoms with Crippen molar-refractivity contribution in [1.82, 2.24) is 0 Å². The molecule has 0 nitrogen and oxygen atoms in total. The van der Waals surface area contributed by atoms with Crippen molar-refractivity contribution in [2.75, 3.05) is 0 Å². The molecule has 0 saturated heterocycles. The summed E-state index contributed by atoms with van der Waals surface area (Å²) in [6.07, 6.45) is 3.47. The molecule has 0 atom stereocenters. The first-order chi connectivity index (χ1) is 12.5. The minimum Gasteiger partial charge on any atom is -0.166 e. The van der Waals surface area contributed by atoms with Gasteiger partial charge in [0, 0.05) is 0 Å². The molecule has 0 aliphatic heterocycles. The third-order valence-corrected chi connectivity index (χ3v) is 3.88. The van der Waals surface area contributed by atoms with E-state index in [4.69, 9.17) is 0 Å². The summed E-state index contributed by atoms with van der Waals surface area (Å²) in [6, 6.07) is 23.1. The van der Waals surface area contributed by atoms with Crippen LogP contribution in [0.1, 0.15) is 27.8 Å². The van der Waals surface area contributed by atoms with Gasteiger partial charge in [-0.05, 0) is 40.5 Å². The minimum absolute atomic E-state index is 0.636. The average molecular weight is 350 g/mol. The van der Waals surface area contributed by atoms with E-state index in [0.717, 1.165) is 34.4 Å². The topological polar surface area (TPSA) is 0 Å². The SMILES string of the molecule is FC(F)(F)c1ccc(/C=C/c2cccc(/C=C/c3ccccc3)c2)cc1. The molecule has 0 N–H and O–H groups in total. The van der Waals surface area contributed by atoms with Crippen LogP contribution in [0.25, 0.3) is 24.3 Å². The van der Waals surface area contributed by atoms with Crippen molar-refractivity contribution in [1.29, 1.82) is 0 Å². The number of alkyl halides is 3. The zero-order valence-corrected chi connectivity index (χ0v) is 13.9. The maximum absolute atomic E-state index is 12.6. The maximum Gasteiger partial charge on any atom is 0.416 e. The second-order valence-electron chi connectivity index (χ2n) is 5.87. The van der Waals surface area contributed by atoms with Gasteiger partial charge in [0.1, 0.15) is 0 Å². The highest BCUT2D eigenvalue weighted by molar-refractivity contribution is 5.74. The van der Waals surface area contributed by atoms with Crippen molar-refractivity contribution in [2.24, 2.45) is 0 Å². The highest BCUT2D eigenvalue weighted by atomic mass is 19.4. The summed E-state index contributed by atoms with van der Waals surface area (Å²) in [5, 5.41) is 0. The molecule has 0 heterocycles. The Kier molecular flexibility index (Phi) is 5.37. The predicted octanol–water partition coefficient (Wildman–Crippen LogP) is 7.05. The molecule has 3 aromatic rings. The molecule has 0 aliphatic carbocycles. The lowest BCUT2D eigenvalue weighted by atomic mass is 10.1. The summed E-state index contributed by atoms with van der Waals surface area (Å²) in [5.41, 5.74) is 3.26. The van der Waals surface area contributed by atoms with Gasteiger partial charge in [-0.3, -0.25) is 0 Å². The lowest BCUT2D eigenvalue weighted by molar-refractivity contribution is -0.137. The van der Waals surface area contributed by atoms with Crippen LogP contribution in [0.4, 0.5) is 13.2 Å². The molecule has 0 aliphatic rings. The van der Waals surface area contributed by atoms with Crippen molar-refractivity contribution in [2.45, 2.75) is 6.18 Å². The first-order valence-corrected chi connectivity index (χ1v) is 8.19. The standard InChI is InChI=1S/C23H17F3/c24-23(25,26)22-15-13-19(14-16-22)10-12-21-8-4-7-20(17-21)11-9-18-5-2-1-3-6-18/h1-17H/b11-9+,12-10+. The molecule has 3 rings (SSSR count). The summed E-state index contributed by atoms with van der Waals surface area (Å²) >= 11 is 0. The van der Waals surface area contributed by atoms with Gasteiger partial charge >= 0.3 is 6.18 Å². The van der Waals surface area contributed by atoms with Gasteiger partial charge < -0.3 is 0 Å². The average Bonchev–Trinajstić information content (AvgIpc) is 2.66. The maximum atomic E-state index is 12.6. The summed E-state index contributed by atoms with van der Waals surface area (Å²) in [7, 11) is 0. The number of rotatable bonds is 4. The molecule has 0 aromatic heterocycles. The van der Waals surface area contributed by atoms with E-state index in [2.05, 4.69) is 0 Å². The van der Waals surface area contributed by atoms with Gasteiger partial charge in [-0.2, -0.15) is 13.2 Å². The van der Waals surface area contributed by atoms with Crippen LogP contribution >= 0.6 is 0 Å². The Bertz CT molecular complexity index is 902. The van der Waals surface area contributed by atoms with Gasteiger partial charge in [0.25, 0.3) is 0 Å². The molecule has 3 aromatic carbocycles. The molecule has 0 saturated carbocycles. The van der Waals surface area contributed by atoms with E-state index in [1.807, 2.05) is 72.8 Å². The number of hydrogen-bond donors (Lipinski definition) is 0. The summed E-state index contributed by atoms with van der Waals surface area (Å²) in [5.74, 6) is 0. The van der Waals surface area contributed by atoms with E-state index in [1.54, 1.807) is 6.08 Å². The smallest absolute Gasteiger partial charge is 0.166 e. The Hall–Kier alpha value is -3.07. The van der Waals surface area contributed by atoms with Crippen LogP contribution in [0.2, 0.25) is 0 Å². The van der Waals surface area contributed by atoms with E-state index in [-0.39, 0.29) is 0 Å². The molecule has 0 bridgehead atoms. The fourth-order valence-corrected chi connectivity index (χ4v) is 2.50. The molecule has 130 valence electrons. The van der Waals surface area contributed by atoms with Crippen LogP contribution in [-0.2, 0) is 6.18 Å². The monoisotopic (exact) mass is 350 g/mol. The van der Waals surface area contributed by atoms with E-state index < -0.39 is 11.7 Å². The van der Waals surface area contributed by atoms with Crippen LogP contribution in [0.15, 0.2) is 78.9 Å². The summed E-state index contributed by atoms with van der Waals surface area (Å²) in [6.45, 7) is 0. The molecular weight excluding hydrogens is 333 g/mol. The number of benzene rings is 3. The first-order valence-electron chi connectivity index (χ1n) is 8.19. The predicted molar refractivity (Wildman–Crippen MR) is 102 cm³/mol. The van der Waals surface area contributed by atoms with Crippen LogP contribution in [0.3, 0.4) is 0 Å². The summed E-state index contributed by atoms with van der Waals surface area (Å²) < 4.78 is 37.8. The van der Waals surface area contributed by atoms with Gasteiger partial charge in [-0.1, -0.05) is 85.0 Å². The zero-order valence-electron chi connectivity index (χ0n) is 13.9. The quantitative estimate of drug-likeness (QED) is 0.442. The molecule has 3 heteroatoms. The Labute approximate surface area is 150 Å². The van der Waals surface area contributed by atoms with Gasteiger partial charge in [0.2, 0.25) is 0 Å². The molecular formula is C23H17F3. The lowest BCUT2D eigenvalue weighted by Gasteiger charge is -2.05. The Morgan fingerprint density at radius 2 is 0.962 bits per heavy atom.